The van der Waals surface area contributed by atoms with Crippen LogP contribution in [0.15, 0.2) is 53.1 Å². The van der Waals surface area contributed by atoms with Crippen LogP contribution in [0.2, 0.25) is 0 Å². The third kappa shape index (κ3) is 2.82. The van der Waals surface area contributed by atoms with E-state index in [1.165, 1.54) is 0 Å². The van der Waals surface area contributed by atoms with Gasteiger partial charge in [0.05, 0.1) is 5.92 Å². The zero-order chi connectivity index (χ0) is 17.4. The Morgan fingerprint density at radius 1 is 1.04 bits per heavy atom. The zero-order valence-electron chi connectivity index (χ0n) is 14.3. The molecule has 0 N–H and O–H groups in total. The van der Waals surface area contributed by atoms with Crippen LogP contribution in [0.4, 0.5) is 5.69 Å². The Balaban J connectivity index is 1.59. The first-order valence-corrected chi connectivity index (χ1v) is 8.39. The summed E-state index contributed by atoms with van der Waals surface area (Å²) in [6.07, 6.45) is 0.393. The van der Waals surface area contributed by atoms with Crippen molar-refractivity contribution in [3.8, 4) is 11.4 Å². The summed E-state index contributed by atoms with van der Waals surface area (Å²) in [5.41, 5.74) is 4.09. The summed E-state index contributed by atoms with van der Waals surface area (Å²) < 4.78 is 5.48. The first-order chi connectivity index (χ1) is 12.1. The molecule has 0 saturated carbocycles. The van der Waals surface area contributed by atoms with E-state index in [4.69, 9.17) is 4.52 Å². The van der Waals surface area contributed by atoms with Gasteiger partial charge in [-0.05, 0) is 31.0 Å². The summed E-state index contributed by atoms with van der Waals surface area (Å²) in [7, 11) is 0. The molecule has 25 heavy (non-hydrogen) atoms. The molecule has 2 heterocycles. The van der Waals surface area contributed by atoms with Gasteiger partial charge < -0.3 is 9.42 Å². The maximum absolute atomic E-state index is 12.5. The Morgan fingerprint density at radius 3 is 2.52 bits per heavy atom. The number of rotatable bonds is 3. The molecule has 0 spiro atoms. The predicted molar refractivity (Wildman–Crippen MR) is 95.4 cm³/mol. The van der Waals surface area contributed by atoms with Crippen LogP contribution >= 0.6 is 0 Å². The minimum Gasteiger partial charge on any atom is -0.339 e. The van der Waals surface area contributed by atoms with E-state index >= 15 is 0 Å². The van der Waals surface area contributed by atoms with Gasteiger partial charge in [0.2, 0.25) is 17.6 Å². The largest absolute Gasteiger partial charge is 0.339 e. The summed E-state index contributed by atoms with van der Waals surface area (Å²) >= 11 is 0. The van der Waals surface area contributed by atoms with Gasteiger partial charge in [-0.3, -0.25) is 4.79 Å². The number of aryl methyl sites for hydroxylation is 2. The fourth-order valence-electron chi connectivity index (χ4n) is 3.31. The lowest BCUT2D eigenvalue weighted by Crippen LogP contribution is -2.25. The third-order valence-corrected chi connectivity index (χ3v) is 4.71. The third-order valence-electron chi connectivity index (χ3n) is 4.71. The topological polar surface area (TPSA) is 59.2 Å². The number of benzene rings is 2. The van der Waals surface area contributed by atoms with E-state index in [-0.39, 0.29) is 11.8 Å². The van der Waals surface area contributed by atoms with Crippen molar-refractivity contribution in [2.45, 2.75) is 26.2 Å². The number of nitrogens with zero attached hydrogens (tertiary/aromatic N) is 3. The predicted octanol–water partition coefficient (Wildman–Crippen LogP) is 3.87. The molecule has 0 aliphatic carbocycles. The lowest BCUT2D eigenvalue weighted by Gasteiger charge is -2.18. The zero-order valence-corrected chi connectivity index (χ0v) is 14.3. The van der Waals surface area contributed by atoms with Crippen LogP contribution in [0.3, 0.4) is 0 Å². The van der Waals surface area contributed by atoms with Crippen molar-refractivity contribution in [3.05, 3.63) is 65.5 Å². The highest BCUT2D eigenvalue weighted by Crippen LogP contribution is 2.33. The van der Waals surface area contributed by atoms with Crippen molar-refractivity contribution in [1.29, 1.82) is 0 Å². The van der Waals surface area contributed by atoms with Crippen LogP contribution in [-0.4, -0.2) is 22.6 Å². The van der Waals surface area contributed by atoms with Crippen LogP contribution in [0.1, 0.15) is 29.4 Å². The minimum atomic E-state index is -0.0719. The lowest BCUT2D eigenvalue weighted by molar-refractivity contribution is -0.117. The molecule has 1 aliphatic heterocycles. The van der Waals surface area contributed by atoms with Crippen molar-refractivity contribution >= 4 is 11.6 Å². The van der Waals surface area contributed by atoms with Crippen molar-refractivity contribution in [3.63, 3.8) is 0 Å². The van der Waals surface area contributed by atoms with Crippen molar-refractivity contribution in [1.82, 2.24) is 10.1 Å². The molecule has 1 aromatic heterocycles. The molecule has 1 saturated heterocycles. The Morgan fingerprint density at radius 2 is 1.76 bits per heavy atom. The van der Waals surface area contributed by atoms with E-state index in [2.05, 4.69) is 10.1 Å². The number of amides is 1. The summed E-state index contributed by atoms with van der Waals surface area (Å²) in [5.74, 6) is 1.13. The van der Waals surface area contributed by atoms with E-state index < -0.39 is 0 Å². The highest BCUT2D eigenvalue weighted by atomic mass is 16.5. The van der Waals surface area contributed by atoms with Gasteiger partial charge in [-0.15, -0.1) is 0 Å². The molecule has 4 rings (SSSR count). The number of hydrogen-bond acceptors (Lipinski definition) is 4. The molecule has 0 radical (unpaired) electrons. The first-order valence-electron chi connectivity index (χ1n) is 8.39. The van der Waals surface area contributed by atoms with Gasteiger partial charge in [0, 0.05) is 24.2 Å². The van der Waals surface area contributed by atoms with Gasteiger partial charge in [-0.2, -0.15) is 4.98 Å². The standard InChI is InChI=1S/C20H19N3O2/c1-13-7-3-5-9-16(13)19-21-20(25-22-19)15-11-18(24)23(12-15)17-10-6-4-8-14(17)2/h3-10,15H,11-12H2,1-2H3. The molecule has 1 atom stereocenters. The SMILES string of the molecule is Cc1ccccc1-c1noc(C2CC(=O)N(c3ccccc3C)C2)n1. The summed E-state index contributed by atoms with van der Waals surface area (Å²) in [4.78, 5) is 18.8. The summed E-state index contributed by atoms with van der Waals surface area (Å²) in [6, 6.07) is 15.8. The lowest BCUT2D eigenvalue weighted by atomic mass is 10.1. The van der Waals surface area contributed by atoms with Crippen LogP contribution in [0.5, 0.6) is 0 Å². The molecule has 1 aliphatic rings. The number of anilines is 1. The molecule has 3 aromatic rings. The van der Waals surface area contributed by atoms with Crippen molar-refractivity contribution < 1.29 is 9.32 Å². The number of carbonyl (C=O) groups excluding carboxylic acids is 1. The molecule has 1 unspecified atom stereocenters. The molecule has 126 valence electrons. The monoisotopic (exact) mass is 333 g/mol. The number of para-hydroxylation sites is 1. The summed E-state index contributed by atoms with van der Waals surface area (Å²) in [6.45, 7) is 4.60. The second-order valence-electron chi connectivity index (χ2n) is 6.46. The molecule has 5 nitrogen and oxygen atoms in total. The number of aromatic nitrogens is 2. The fraction of sp³-hybridized carbons (Fsp3) is 0.250. The molecule has 2 aromatic carbocycles. The quantitative estimate of drug-likeness (QED) is 0.730. The Kier molecular flexibility index (Phi) is 3.84. The second kappa shape index (κ2) is 6.16. The van der Waals surface area contributed by atoms with E-state index in [0.717, 1.165) is 22.4 Å². The summed E-state index contributed by atoms with van der Waals surface area (Å²) in [5, 5.41) is 4.12. The van der Waals surface area contributed by atoms with E-state index in [0.29, 0.717) is 24.7 Å². The Labute approximate surface area is 146 Å². The minimum absolute atomic E-state index is 0.0719. The van der Waals surface area contributed by atoms with Crippen LogP contribution in [-0.2, 0) is 4.79 Å². The van der Waals surface area contributed by atoms with Gasteiger partial charge in [0.25, 0.3) is 0 Å². The van der Waals surface area contributed by atoms with Gasteiger partial charge in [0.1, 0.15) is 0 Å². The van der Waals surface area contributed by atoms with Gasteiger partial charge in [-0.25, -0.2) is 0 Å². The smallest absolute Gasteiger partial charge is 0.232 e. The Bertz CT molecular complexity index is 932. The van der Waals surface area contributed by atoms with Gasteiger partial charge in [-0.1, -0.05) is 47.6 Å². The molecular formula is C20H19N3O2. The van der Waals surface area contributed by atoms with Crippen LogP contribution in [0.25, 0.3) is 11.4 Å². The number of carbonyl (C=O) groups is 1. The molecule has 0 bridgehead atoms. The normalized spacial score (nSPS) is 17.3. The average Bonchev–Trinajstić information content (AvgIpc) is 3.23. The van der Waals surface area contributed by atoms with Crippen LogP contribution < -0.4 is 4.90 Å². The molecular weight excluding hydrogens is 314 g/mol. The first kappa shape index (κ1) is 15.6. The molecule has 1 fully saturated rings. The molecule has 1 amide bonds. The maximum atomic E-state index is 12.5. The van der Waals surface area contributed by atoms with E-state index in [1.54, 1.807) is 0 Å². The number of hydrogen-bond donors (Lipinski definition) is 0. The maximum Gasteiger partial charge on any atom is 0.232 e. The highest BCUT2D eigenvalue weighted by Gasteiger charge is 2.35. The van der Waals surface area contributed by atoms with Gasteiger partial charge >= 0.3 is 0 Å². The van der Waals surface area contributed by atoms with Crippen LogP contribution in [0, 0.1) is 13.8 Å². The Hall–Kier alpha value is -2.95. The average molecular weight is 333 g/mol. The fourth-order valence-corrected chi connectivity index (χ4v) is 3.31. The van der Waals surface area contributed by atoms with E-state index in [1.807, 2.05) is 67.3 Å². The molecule has 5 heteroatoms. The second-order valence-corrected chi connectivity index (χ2v) is 6.46. The van der Waals surface area contributed by atoms with Gasteiger partial charge in [0.15, 0.2) is 0 Å². The van der Waals surface area contributed by atoms with E-state index in [9.17, 15) is 4.79 Å². The van der Waals surface area contributed by atoms with Crippen molar-refractivity contribution in [2.75, 3.05) is 11.4 Å². The van der Waals surface area contributed by atoms with Crippen molar-refractivity contribution in [2.24, 2.45) is 0 Å². The highest BCUT2D eigenvalue weighted by molar-refractivity contribution is 5.97.